The number of rotatable bonds is 4. The van der Waals surface area contributed by atoms with E-state index < -0.39 is 5.60 Å². The van der Waals surface area contributed by atoms with Gasteiger partial charge in [-0.3, -0.25) is 0 Å². The van der Waals surface area contributed by atoms with E-state index in [-0.39, 0.29) is 6.04 Å². The van der Waals surface area contributed by atoms with Crippen LogP contribution in [0.4, 0.5) is 0 Å². The van der Waals surface area contributed by atoms with Crippen LogP contribution in [0.5, 0.6) is 0 Å². The molecule has 1 aliphatic carbocycles. The van der Waals surface area contributed by atoms with Crippen molar-refractivity contribution in [2.45, 2.75) is 57.1 Å². The fourth-order valence-electron chi connectivity index (χ4n) is 2.84. The fourth-order valence-corrected chi connectivity index (χ4v) is 3.47. The maximum Gasteiger partial charge on any atom is 0.0771 e. The Morgan fingerprint density at radius 1 is 1.21 bits per heavy atom. The van der Waals surface area contributed by atoms with Crippen LogP contribution in [0.25, 0.3) is 0 Å². The highest BCUT2D eigenvalue weighted by Crippen LogP contribution is 2.28. The molecule has 2 N–H and O–H groups in total. The molecule has 0 saturated heterocycles. The van der Waals surface area contributed by atoms with Gasteiger partial charge in [-0.1, -0.05) is 59.8 Å². The zero-order chi connectivity index (χ0) is 13.7. The standard InChI is InChI=1S/C16H24BrNO/c1-13(14-8-4-5-9-15(14)17)18-12-16(19)10-6-2-3-7-11-16/h4-5,8-9,13,18-19H,2-3,6-7,10-12H2,1H3/t13-/m1/s1. The summed E-state index contributed by atoms with van der Waals surface area (Å²) in [6.07, 6.45) is 6.71. The van der Waals surface area contributed by atoms with Crippen molar-refractivity contribution >= 4 is 15.9 Å². The molecule has 106 valence electrons. The summed E-state index contributed by atoms with van der Waals surface area (Å²) in [6.45, 7) is 2.84. The molecular formula is C16H24BrNO. The second-order valence-corrected chi connectivity index (χ2v) is 6.62. The third-order valence-corrected chi connectivity index (χ3v) is 4.87. The predicted octanol–water partition coefficient (Wildman–Crippen LogP) is 4.19. The van der Waals surface area contributed by atoms with Crippen molar-refractivity contribution in [3.8, 4) is 0 Å². The van der Waals surface area contributed by atoms with Crippen molar-refractivity contribution in [2.24, 2.45) is 0 Å². The Balaban J connectivity index is 1.92. The van der Waals surface area contributed by atoms with Crippen molar-refractivity contribution in [1.29, 1.82) is 0 Å². The number of hydrogen-bond acceptors (Lipinski definition) is 2. The first-order valence-electron chi connectivity index (χ1n) is 7.31. The molecule has 19 heavy (non-hydrogen) atoms. The Morgan fingerprint density at radius 2 is 1.84 bits per heavy atom. The first-order chi connectivity index (χ1) is 9.11. The number of aliphatic hydroxyl groups is 1. The molecule has 1 atom stereocenters. The van der Waals surface area contributed by atoms with Crippen LogP contribution >= 0.6 is 15.9 Å². The Morgan fingerprint density at radius 3 is 2.47 bits per heavy atom. The van der Waals surface area contributed by atoms with E-state index in [1.165, 1.54) is 18.4 Å². The minimum atomic E-state index is -0.508. The first-order valence-corrected chi connectivity index (χ1v) is 8.10. The molecule has 0 heterocycles. The quantitative estimate of drug-likeness (QED) is 0.814. The average Bonchev–Trinajstić information content (AvgIpc) is 2.62. The molecule has 1 fully saturated rings. The maximum atomic E-state index is 10.6. The second-order valence-electron chi connectivity index (χ2n) is 5.76. The molecule has 0 aliphatic heterocycles. The van der Waals surface area contributed by atoms with Gasteiger partial charge in [-0.05, 0) is 31.4 Å². The lowest BCUT2D eigenvalue weighted by Crippen LogP contribution is -2.41. The minimum absolute atomic E-state index is 0.253. The third-order valence-electron chi connectivity index (χ3n) is 4.14. The Hall–Kier alpha value is -0.380. The zero-order valence-electron chi connectivity index (χ0n) is 11.7. The lowest BCUT2D eigenvalue weighted by atomic mass is 9.94. The Labute approximate surface area is 124 Å². The first kappa shape index (κ1) is 15.0. The van der Waals surface area contributed by atoms with E-state index in [9.17, 15) is 5.11 Å². The molecule has 2 nitrogen and oxygen atoms in total. The summed E-state index contributed by atoms with van der Waals surface area (Å²) >= 11 is 3.59. The smallest absolute Gasteiger partial charge is 0.0771 e. The van der Waals surface area contributed by atoms with Gasteiger partial charge in [0.15, 0.2) is 0 Å². The molecule has 2 rings (SSSR count). The molecule has 0 bridgehead atoms. The van der Waals surface area contributed by atoms with Crippen LogP contribution in [0, 0.1) is 0 Å². The predicted molar refractivity (Wildman–Crippen MR) is 83.2 cm³/mol. The molecule has 1 aromatic carbocycles. The van der Waals surface area contributed by atoms with Crippen molar-refractivity contribution < 1.29 is 5.11 Å². The maximum absolute atomic E-state index is 10.6. The largest absolute Gasteiger partial charge is 0.389 e. The fraction of sp³-hybridized carbons (Fsp3) is 0.625. The highest BCUT2D eigenvalue weighted by atomic mass is 79.9. The topological polar surface area (TPSA) is 32.3 Å². The van der Waals surface area contributed by atoms with E-state index in [1.54, 1.807) is 0 Å². The highest BCUT2D eigenvalue weighted by Gasteiger charge is 2.28. The third kappa shape index (κ3) is 4.30. The minimum Gasteiger partial charge on any atom is -0.389 e. The molecule has 0 aromatic heterocycles. The Bertz CT molecular complexity index is 399. The average molecular weight is 326 g/mol. The summed E-state index contributed by atoms with van der Waals surface area (Å²) in [6, 6.07) is 8.52. The van der Waals surface area contributed by atoms with E-state index >= 15 is 0 Å². The molecule has 0 amide bonds. The highest BCUT2D eigenvalue weighted by molar-refractivity contribution is 9.10. The molecule has 0 spiro atoms. The van der Waals surface area contributed by atoms with Gasteiger partial charge in [0.1, 0.15) is 0 Å². The van der Waals surface area contributed by atoms with Crippen LogP contribution in [-0.4, -0.2) is 17.3 Å². The van der Waals surface area contributed by atoms with Gasteiger partial charge >= 0.3 is 0 Å². The van der Waals surface area contributed by atoms with Crippen molar-refractivity contribution in [1.82, 2.24) is 5.32 Å². The van der Waals surface area contributed by atoms with Gasteiger partial charge in [0, 0.05) is 17.1 Å². The number of hydrogen-bond donors (Lipinski definition) is 2. The number of benzene rings is 1. The van der Waals surface area contributed by atoms with E-state index in [0.29, 0.717) is 6.54 Å². The molecule has 1 aromatic rings. The summed E-state index contributed by atoms with van der Waals surface area (Å²) in [5.41, 5.74) is 0.742. The van der Waals surface area contributed by atoms with Gasteiger partial charge in [-0.25, -0.2) is 0 Å². The van der Waals surface area contributed by atoms with Gasteiger partial charge in [0.05, 0.1) is 5.60 Å². The van der Waals surface area contributed by atoms with Crippen molar-refractivity contribution in [2.75, 3.05) is 6.54 Å². The van der Waals surface area contributed by atoms with Gasteiger partial charge < -0.3 is 10.4 Å². The van der Waals surface area contributed by atoms with E-state index in [2.05, 4.69) is 46.4 Å². The van der Waals surface area contributed by atoms with Gasteiger partial charge in [0.25, 0.3) is 0 Å². The van der Waals surface area contributed by atoms with E-state index in [0.717, 1.165) is 30.2 Å². The van der Waals surface area contributed by atoms with Gasteiger partial charge in [0.2, 0.25) is 0 Å². The lowest BCUT2D eigenvalue weighted by Gasteiger charge is -2.29. The monoisotopic (exact) mass is 325 g/mol. The normalized spacial score (nSPS) is 20.8. The second kappa shape index (κ2) is 6.87. The van der Waals surface area contributed by atoms with Crippen LogP contribution in [-0.2, 0) is 0 Å². The van der Waals surface area contributed by atoms with Crippen LogP contribution in [0.15, 0.2) is 28.7 Å². The lowest BCUT2D eigenvalue weighted by molar-refractivity contribution is 0.0231. The van der Waals surface area contributed by atoms with Gasteiger partial charge in [-0.2, -0.15) is 0 Å². The number of halogens is 1. The van der Waals surface area contributed by atoms with Crippen LogP contribution in [0.3, 0.4) is 0 Å². The van der Waals surface area contributed by atoms with Crippen LogP contribution < -0.4 is 5.32 Å². The Kier molecular flexibility index (Phi) is 5.43. The van der Waals surface area contributed by atoms with Crippen LogP contribution in [0.1, 0.15) is 57.1 Å². The van der Waals surface area contributed by atoms with Crippen molar-refractivity contribution in [3.63, 3.8) is 0 Å². The SMILES string of the molecule is C[C@@H](NCC1(O)CCCCCC1)c1ccccc1Br. The summed E-state index contributed by atoms with van der Waals surface area (Å²) < 4.78 is 1.13. The molecular weight excluding hydrogens is 302 g/mol. The summed E-state index contributed by atoms with van der Waals surface area (Å²) in [5.74, 6) is 0. The van der Waals surface area contributed by atoms with Gasteiger partial charge in [-0.15, -0.1) is 0 Å². The molecule has 0 unspecified atom stereocenters. The van der Waals surface area contributed by atoms with Crippen LogP contribution in [0.2, 0.25) is 0 Å². The molecule has 1 aliphatic rings. The zero-order valence-corrected chi connectivity index (χ0v) is 13.2. The van der Waals surface area contributed by atoms with E-state index in [4.69, 9.17) is 0 Å². The van der Waals surface area contributed by atoms with Crippen molar-refractivity contribution in [3.05, 3.63) is 34.3 Å². The molecule has 0 radical (unpaired) electrons. The summed E-state index contributed by atoms with van der Waals surface area (Å²) in [4.78, 5) is 0. The summed E-state index contributed by atoms with van der Waals surface area (Å²) in [5, 5.41) is 14.1. The molecule has 3 heteroatoms. The molecule has 1 saturated carbocycles. The summed E-state index contributed by atoms with van der Waals surface area (Å²) in [7, 11) is 0. The van der Waals surface area contributed by atoms with E-state index in [1.807, 2.05) is 6.07 Å². The number of nitrogens with one attached hydrogen (secondary N) is 1.